The van der Waals surface area contributed by atoms with E-state index in [1.54, 1.807) is 31.2 Å². The summed E-state index contributed by atoms with van der Waals surface area (Å²) in [6.07, 6.45) is 0. The zero-order valence-electron chi connectivity index (χ0n) is 8.03. The molecule has 1 heterocycles. The molecule has 4 heteroatoms. The van der Waals surface area contributed by atoms with E-state index in [4.69, 9.17) is 4.74 Å². The molecule has 0 fully saturated rings. The van der Waals surface area contributed by atoms with Gasteiger partial charge in [0.1, 0.15) is 0 Å². The fourth-order valence-electron chi connectivity index (χ4n) is 1.45. The lowest BCUT2D eigenvalue weighted by molar-refractivity contribution is -0.183. The van der Waals surface area contributed by atoms with Crippen LogP contribution in [-0.4, -0.2) is 11.1 Å². The van der Waals surface area contributed by atoms with Crippen molar-refractivity contribution >= 4 is 21.9 Å². The second-order valence-electron chi connectivity index (χ2n) is 3.34. The van der Waals surface area contributed by atoms with Gasteiger partial charge in [-0.2, -0.15) is 0 Å². The van der Waals surface area contributed by atoms with Crippen LogP contribution < -0.4 is 0 Å². The summed E-state index contributed by atoms with van der Waals surface area (Å²) in [6, 6.07) is 8.78. The molecule has 1 aromatic rings. The lowest BCUT2D eigenvalue weighted by Crippen LogP contribution is -2.26. The van der Waals surface area contributed by atoms with Crippen LogP contribution >= 0.6 is 15.9 Å². The number of ether oxygens (including phenoxy) is 1. The molecular weight excluding hydrogens is 260 g/mol. The van der Waals surface area contributed by atoms with Crippen molar-refractivity contribution in [3.63, 3.8) is 0 Å². The number of hydrogen-bond acceptors (Lipinski definition) is 3. The number of rotatable bonds is 1. The van der Waals surface area contributed by atoms with Gasteiger partial charge in [0.25, 0.3) is 5.79 Å². The number of carbonyl (C=O) groups is 1. The maximum atomic E-state index is 11.3. The molecule has 2 rings (SSSR count). The number of carbonyl (C=O) groups excluding carboxylic acids is 1. The van der Waals surface area contributed by atoms with Gasteiger partial charge in [0.15, 0.2) is 0 Å². The highest BCUT2D eigenvalue weighted by atomic mass is 79.9. The van der Waals surface area contributed by atoms with Gasteiger partial charge in [-0.1, -0.05) is 30.3 Å². The molecule has 0 saturated heterocycles. The third-order valence-corrected chi connectivity index (χ3v) is 3.47. The van der Waals surface area contributed by atoms with Gasteiger partial charge in [-0.15, -0.1) is 0 Å². The van der Waals surface area contributed by atoms with Crippen molar-refractivity contribution in [1.82, 2.24) is 0 Å². The fraction of sp³-hybridized carbons (Fsp3) is 0.182. The molecular formula is C11H9BrO3. The van der Waals surface area contributed by atoms with Crippen molar-refractivity contribution in [2.24, 2.45) is 0 Å². The SMILES string of the molecule is CC1=C(Br)C(O)(c2ccccc2)OC1=O. The Morgan fingerprint density at radius 1 is 1.33 bits per heavy atom. The number of halogens is 1. The number of benzene rings is 1. The Morgan fingerprint density at radius 2 is 1.93 bits per heavy atom. The summed E-state index contributed by atoms with van der Waals surface area (Å²) in [4.78, 5) is 11.3. The van der Waals surface area contributed by atoms with Gasteiger partial charge >= 0.3 is 5.97 Å². The van der Waals surface area contributed by atoms with Crippen LogP contribution in [0.5, 0.6) is 0 Å². The predicted octanol–water partition coefficient (Wildman–Crippen LogP) is 2.06. The van der Waals surface area contributed by atoms with E-state index >= 15 is 0 Å². The molecule has 1 aromatic carbocycles. The van der Waals surface area contributed by atoms with Gasteiger partial charge in [0.05, 0.1) is 10.1 Å². The van der Waals surface area contributed by atoms with Crippen LogP contribution in [0, 0.1) is 0 Å². The average Bonchev–Trinajstić information content (AvgIpc) is 2.45. The van der Waals surface area contributed by atoms with Gasteiger partial charge < -0.3 is 9.84 Å². The van der Waals surface area contributed by atoms with Crippen LogP contribution in [0.15, 0.2) is 40.4 Å². The molecule has 0 amide bonds. The summed E-state index contributed by atoms with van der Waals surface area (Å²) in [6.45, 7) is 1.60. The lowest BCUT2D eigenvalue weighted by Gasteiger charge is -2.22. The van der Waals surface area contributed by atoms with E-state index in [0.717, 1.165) is 0 Å². The molecule has 0 aliphatic carbocycles. The number of aliphatic hydroxyl groups is 1. The smallest absolute Gasteiger partial charge is 0.337 e. The van der Waals surface area contributed by atoms with Gasteiger partial charge in [-0.3, -0.25) is 0 Å². The van der Waals surface area contributed by atoms with E-state index in [-0.39, 0.29) is 0 Å². The monoisotopic (exact) mass is 268 g/mol. The second kappa shape index (κ2) is 3.47. The molecule has 0 aromatic heterocycles. The zero-order chi connectivity index (χ0) is 11.1. The molecule has 0 radical (unpaired) electrons. The zero-order valence-corrected chi connectivity index (χ0v) is 9.61. The minimum absolute atomic E-state index is 0.367. The molecule has 0 bridgehead atoms. The van der Waals surface area contributed by atoms with Gasteiger partial charge in [-0.25, -0.2) is 4.79 Å². The van der Waals surface area contributed by atoms with Gasteiger partial charge in [0, 0.05) is 5.56 Å². The quantitative estimate of drug-likeness (QED) is 0.794. The summed E-state index contributed by atoms with van der Waals surface area (Å²) < 4.78 is 5.32. The minimum Gasteiger partial charge on any atom is -0.420 e. The van der Waals surface area contributed by atoms with Crippen LogP contribution in [0.3, 0.4) is 0 Å². The van der Waals surface area contributed by atoms with Crippen molar-refractivity contribution < 1.29 is 14.6 Å². The number of cyclic esters (lactones) is 1. The first kappa shape index (κ1) is 10.4. The molecule has 15 heavy (non-hydrogen) atoms. The molecule has 1 N–H and O–H groups in total. The van der Waals surface area contributed by atoms with Crippen LogP contribution in [-0.2, 0) is 15.3 Å². The summed E-state index contributed by atoms with van der Waals surface area (Å²) >= 11 is 3.19. The summed E-state index contributed by atoms with van der Waals surface area (Å²) in [7, 11) is 0. The molecule has 1 atom stereocenters. The van der Waals surface area contributed by atoms with Gasteiger partial charge in [-0.05, 0) is 22.9 Å². The highest BCUT2D eigenvalue weighted by Gasteiger charge is 2.45. The maximum Gasteiger partial charge on any atom is 0.337 e. The van der Waals surface area contributed by atoms with Crippen LogP contribution in [0.2, 0.25) is 0 Å². The number of esters is 1. The lowest BCUT2D eigenvalue weighted by atomic mass is 10.1. The fourth-order valence-corrected chi connectivity index (χ4v) is 1.92. The first-order chi connectivity index (χ1) is 7.05. The summed E-state index contributed by atoms with van der Waals surface area (Å²) in [5.41, 5.74) is 0.920. The Bertz CT molecular complexity index is 438. The van der Waals surface area contributed by atoms with E-state index in [0.29, 0.717) is 15.6 Å². The van der Waals surface area contributed by atoms with Crippen LogP contribution in [0.25, 0.3) is 0 Å². The Kier molecular flexibility index (Phi) is 2.40. The second-order valence-corrected chi connectivity index (χ2v) is 4.13. The van der Waals surface area contributed by atoms with Crippen molar-refractivity contribution in [2.75, 3.05) is 0 Å². The predicted molar refractivity (Wildman–Crippen MR) is 58.1 cm³/mol. The van der Waals surface area contributed by atoms with Crippen LogP contribution in [0.1, 0.15) is 12.5 Å². The van der Waals surface area contributed by atoms with E-state index in [9.17, 15) is 9.90 Å². The maximum absolute atomic E-state index is 11.3. The molecule has 78 valence electrons. The molecule has 1 unspecified atom stereocenters. The Balaban J connectivity index is 2.51. The van der Waals surface area contributed by atoms with E-state index in [2.05, 4.69) is 15.9 Å². The topological polar surface area (TPSA) is 46.5 Å². The van der Waals surface area contributed by atoms with E-state index < -0.39 is 11.8 Å². The van der Waals surface area contributed by atoms with E-state index in [1.807, 2.05) is 6.07 Å². The first-order valence-electron chi connectivity index (χ1n) is 4.44. The van der Waals surface area contributed by atoms with Crippen molar-refractivity contribution in [1.29, 1.82) is 0 Å². The third-order valence-electron chi connectivity index (χ3n) is 2.34. The first-order valence-corrected chi connectivity index (χ1v) is 5.23. The Morgan fingerprint density at radius 3 is 2.40 bits per heavy atom. The molecule has 0 saturated carbocycles. The molecule has 1 aliphatic heterocycles. The van der Waals surface area contributed by atoms with Gasteiger partial charge in [0.2, 0.25) is 0 Å². The molecule has 3 nitrogen and oxygen atoms in total. The Hall–Kier alpha value is -1.13. The Labute approximate surface area is 95.5 Å². The standard InChI is InChI=1S/C11H9BrO3/c1-7-9(12)11(14,15-10(7)13)8-5-3-2-4-6-8/h2-6,14H,1H3. The summed E-state index contributed by atoms with van der Waals surface area (Å²) in [5.74, 6) is -2.17. The normalized spacial score (nSPS) is 25.7. The summed E-state index contributed by atoms with van der Waals surface area (Å²) in [5, 5.41) is 10.2. The molecule has 1 aliphatic rings. The van der Waals surface area contributed by atoms with Crippen molar-refractivity contribution in [3.8, 4) is 0 Å². The largest absolute Gasteiger partial charge is 0.420 e. The highest BCUT2D eigenvalue weighted by molar-refractivity contribution is 9.11. The highest BCUT2D eigenvalue weighted by Crippen LogP contribution is 2.42. The number of hydrogen-bond donors (Lipinski definition) is 1. The minimum atomic E-state index is -1.66. The average molecular weight is 269 g/mol. The van der Waals surface area contributed by atoms with Crippen molar-refractivity contribution in [3.05, 3.63) is 46.0 Å². The molecule has 0 spiro atoms. The van der Waals surface area contributed by atoms with Crippen molar-refractivity contribution in [2.45, 2.75) is 12.7 Å². The van der Waals surface area contributed by atoms with E-state index in [1.165, 1.54) is 0 Å². The third kappa shape index (κ3) is 1.50. The van der Waals surface area contributed by atoms with Crippen LogP contribution in [0.4, 0.5) is 0 Å².